The Kier molecular flexibility index (Phi) is 3.26. The van der Waals surface area contributed by atoms with Crippen LogP contribution >= 0.6 is 11.9 Å². The lowest BCUT2D eigenvalue weighted by atomic mass is 9.85. The zero-order valence-electron chi connectivity index (χ0n) is 7.60. The predicted octanol–water partition coefficient (Wildman–Crippen LogP) is 2.95. The molecule has 1 atom stereocenters. The number of rotatable bonds is 1. The molecule has 66 valence electrons. The van der Waals surface area contributed by atoms with Gasteiger partial charge in [0.25, 0.3) is 0 Å². The van der Waals surface area contributed by atoms with Crippen molar-refractivity contribution >= 4 is 11.9 Å². The van der Waals surface area contributed by atoms with Gasteiger partial charge in [0, 0.05) is 5.25 Å². The molecular weight excluding hydrogens is 154 g/mol. The van der Waals surface area contributed by atoms with Crippen LogP contribution in [0.2, 0.25) is 0 Å². The average Bonchev–Trinajstić information content (AvgIpc) is 2.10. The third kappa shape index (κ3) is 3.04. The molecule has 1 saturated carbocycles. The molecule has 11 heavy (non-hydrogen) atoms. The molecule has 0 aromatic heterocycles. The zero-order chi connectivity index (χ0) is 8.32. The van der Waals surface area contributed by atoms with Crippen LogP contribution in [-0.2, 0) is 0 Å². The Morgan fingerprint density at radius 3 is 2.73 bits per heavy atom. The van der Waals surface area contributed by atoms with Crippen molar-refractivity contribution < 1.29 is 0 Å². The molecule has 0 aromatic carbocycles. The standard InChI is InChI=1S/C9H19NS/c1-9(2)6-4-3-5-8(7-9)11-10/h8H,3-7,10H2,1-2H3. The van der Waals surface area contributed by atoms with E-state index in [1.807, 2.05) is 0 Å². The van der Waals surface area contributed by atoms with Gasteiger partial charge in [-0.25, -0.2) is 0 Å². The zero-order valence-corrected chi connectivity index (χ0v) is 8.41. The highest BCUT2D eigenvalue weighted by Gasteiger charge is 2.25. The maximum absolute atomic E-state index is 5.61. The molecule has 1 aliphatic rings. The van der Waals surface area contributed by atoms with Crippen molar-refractivity contribution in [2.24, 2.45) is 10.6 Å². The van der Waals surface area contributed by atoms with Crippen molar-refractivity contribution in [2.75, 3.05) is 0 Å². The van der Waals surface area contributed by atoms with E-state index in [-0.39, 0.29) is 0 Å². The van der Waals surface area contributed by atoms with Crippen LogP contribution < -0.4 is 5.14 Å². The van der Waals surface area contributed by atoms with Crippen molar-refractivity contribution in [2.45, 2.75) is 51.2 Å². The summed E-state index contributed by atoms with van der Waals surface area (Å²) in [5.41, 5.74) is 0.535. The van der Waals surface area contributed by atoms with Crippen LogP contribution in [0.25, 0.3) is 0 Å². The summed E-state index contributed by atoms with van der Waals surface area (Å²) in [5.74, 6) is 0. The van der Waals surface area contributed by atoms with Crippen molar-refractivity contribution in [3.8, 4) is 0 Å². The third-order valence-corrected chi connectivity index (χ3v) is 3.39. The maximum Gasteiger partial charge on any atom is 0.0195 e. The van der Waals surface area contributed by atoms with Crippen molar-refractivity contribution in [1.82, 2.24) is 0 Å². The largest absolute Gasteiger partial charge is 0.278 e. The summed E-state index contributed by atoms with van der Waals surface area (Å²) in [6, 6.07) is 0. The van der Waals surface area contributed by atoms with Crippen molar-refractivity contribution in [3.63, 3.8) is 0 Å². The van der Waals surface area contributed by atoms with Gasteiger partial charge >= 0.3 is 0 Å². The summed E-state index contributed by atoms with van der Waals surface area (Å²) in [7, 11) is 0. The molecule has 0 spiro atoms. The van der Waals surface area contributed by atoms with Gasteiger partial charge < -0.3 is 0 Å². The fourth-order valence-electron chi connectivity index (χ4n) is 1.91. The fourth-order valence-corrected chi connectivity index (χ4v) is 2.76. The number of hydrogen-bond acceptors (Lipinski definition) is 2. The van der Waals surface area contributed by atoms with Crippen LogP contribution in [0.1, 0.15) is 46.0 Å². The Hall–Kier alpha value is 0.310. The summed E-state index contributed by atoms with van der Waals surface area (Å²) in [6.45, 7) is 4.73. The summed E-state index contributed by atoms with van der Waals surface area (Å²) < 4.78 is 0. The Labute approximate surface area is 74.3 Å². The third-order valence-electron chi connectivity index (χ3n) is 2.60. The van der Waals surface area contributed by atoms with Gasteiger partial charge in [0.1, 0.15) is 0 Å². The van der Waals surface area contributed by atoms with Crippen molar-refractivity contribution in [1.29, 1.82) is 0 Å². The fraction of sp³-hybridized carbons (Fsp3) is 1.00. The van der Waals surface area contributed by atoms with E-state index in [2.05, 4.69) is 13.8 Å². The molecule has 0 amide bonds. The Bertz CT molecular complexity index is 123. The van der Waals surface area contributed by atoms with E-state index in [1.165, 1.54) is 32.1 Å². The van der Waals surface area contributed by atoms with Crippen LogP contribution in [0, 0.1) is 5.41 Å². The molecule has 2 N–H and O–H groups in total. The van der Waals surface area contributed by atoms with Gasteiger partial charge in [-0.05, 0) is 24.7 Å². The molecule has 1 aliphatic carbocycles. The highest BCUT2D eigenvalue weighted by Crippen LogP contribution is 2.37. The second-order valence-corrected chi connectivity index (χ2v) is 5.31. The molecule has 1 nitrogen and oxygen atoms in total. The molecule has 2 heteroatoms. The molecule has 1 unspecified atom stereocenters. The average molecular weight is 173 g/mol. The summed E-state index contributed by atoms with van der Waals surface area (Å²) in [4.78, 5) is 0. The lowest BCUT2D eigenvalue weighted by Gasteiger charge is -2.24. The van der Waals surface area contributed by atoms with E-state index in [0.29, 0.717) is 10.7 Å². The topological polar surface area (TPSA) is 26.0 Å². The van der Waals surface area contributed by atoms with Crippen LogP contribution in [0.4, 0.5) is 0 Å². The van der Waals surface area contributed by atoms with Gasteiger partial charge in [-0.2, -0.15) is 0 Å². The summed E-state index contributed by atoms with van der Waals surface area (Å²) in [5, 5.41) is 6.33. The molecule has 0 bridgehead atoms. The summed E-state index contributed by atoms with van der Waals surface area (Å²) in [6.07, 6.45) is 6.77. The first kappa shape index (κ1) is 9.40. The Morgan fingerprint density at radius 1 is 1.36 bits per heavy atom. The first-order valence-electron chi connectivity index (χ1n) is 4.50. The molecule has 0 radical (unpaired) electrons. The van der Waals surface area contributed by atoms with Crippen LogP contribution in [0.3, 0.4) is 0 Å². The van der Waals surface area contributed by atoms with E-state index >= 15 is 0 Å². The quantitative estimate of drug-likeness (QED) is 0.487. The minimum Gasteiger partial charge on any atom is -0.278 e. The molecule has 1 fully saturated rings. The van der Waals surface area contributed by atoms with E-state index in [1.54, 1.807) is 11.9 Å². The van der Waals surface area contributed by atoms with Gasteiger partial charge in [-0.1, -0.05) is 38.6 Å². The highest BCUT2D eigenvalue weighted by molar-refractivity contribution is 7.97. The molecule has 0 saturated heterocycles. The van der Waals surface area contributed by atoms with E-state index in [4.69, 9.17) is 5.14 Å². The Morgan fingerprint density at radius 2 is 2.09 bits per heavy atom. The van der Waals surface area contributed by atoms with Gasteiger partial charge in [0.2, 0.25) is 0 Å². The Balaban J connectivity index is 2.47. The van der Waals surface area contributed by atoms with E-state index in [0.717, 1.165) is 0 Å². The molecule has 0 aromatic rings. The summed E-state index contributed by atoms with van der Waals surface area (Å²) >= 11 is 1.56. The van der Waals surface area contributed by atoms with Crippen LogP contribution in [-0.4, -0.2) is 5.25 Å². The van der Waals surface area contributed by atoms with Gasteiger partial charge in [-0.15, -0.1) is 0 Å². The normalized spacial score (nSPS) is 31.4. The SMILES string of the molecule is CC1(C)CCCCC(SN)C1. The first-order chi connectivity index (χ1) is 5.14. The predicted molar refractivity (Wildman–Crippen MR) is 52.4 cm³/mol. The second-order valence-electron chi connectivity index (χ2n) is 4.37. The molecule has 1 rings (SSSR count). The minimum atomic E-state index is 0.535. The smallest absolute Gasteiger partial charge is 0.0195 e. The molecular formula is C9H19NS. The van der Waals surface area contributed by atoms with Crippen molar-refractivity contribution in [3.05, 3.63) is 0 Å². The number of hydrogen-bond donors (Lipinski definition) is 1. The van der Waals surface area contributed by atoms with Gasteiger partial charge in [0.05, 0.1) is 0 Å². The molecule has 0 heterocycles. The lowest BCUT2D eigenvalue weighted by Crippen LogP contribution is -2.16. The molecule has 0 aliphatic heterocycles. The number of nitrogens with two attached hydrogens (primary N) is 1. The van der Waals surface area contributed by atoms with E-state index < -0.39 is 0 Å². The minimum absolute atomic E-state index is 0.535. The second kappa shape index (κ2) is 3.81. The van der Waals surface area contributed by atoms with Gasteiger partial charge in [-0.3, -0.25) is 5.14 Å². The van der Waals surface area contributed by atoms with E-state index in [9.17, 15) is 0 Å². The maximum atomic E-state index is 5.61. The lowest BCUT2D eigenvalue weighted by molar-refractivity contribution is 0.318. The van der Waals surface area contributed by atoms with Crippen LogP contribution in [0.5, 0.6) is 0 Å². The monoisotopic (exact) mass is 173 g/mol. The highest BCUT2D eigenvalue weighted by atomic mass is 32.2. The van der Waals surface area contributed by atoms with Crippen LogP contribution in [0.15, 0.2) is 0 Å². The first-order valence-corrected chi connectivity index (χ1v) is 5.44. The van der Waals surface area contributed by atoms with Gasteiger partial charge in [0.15, 0.2) is 0 Å².